The molecular weight excluding hydrogens is 231 g/mol. The van der Waals surface area contributed by atoms with Crippen molar-refractivity contribution in [2.45, 2.75) is 4.90 Å². The molecule has 0 saturated heterocycles. The standard InChI is InChI=1S/C8H6ClFO3S/c1-14(12,13)8-6(9)2-5(4-11)3-7(8)10/h2-4H,1H3. The number of hydrogen-bond donors (Lipinski definition) is 0. The molecule has 3 nitrogen and oxygen atoms in total. The summed E-state index contributed by atoms with van der Waals surface area (Å²) in [6, 6.07) is 1.93. The average molecular weight is 237 g/mol. The second-order valence-electron chi connectivity index (χ2n) is 2.70. The van der Waals surface area contributed by atoms with Crippen molar-refractivity contribution in [1.82, 2.24) is 0 Å². The van der Waals surface area contributed by atoms with E-state index in [1.54, 1.807) is 0 Å². The predicted molar refractivity (Wildman–Crippen MR) is 49.9 cm³/mol. The monoisotopic (exact) mass is 236 g/mol. The number of benzene rings is 1. The zero-order valence-corrected chi connectivity index (χ0v) is 8.69. The van der Waals surface area contributed by atoms with Crippen LogP contribution in [0, 0.1) is 5.82 Å². The summed E-state index contributed by atoms with van der Waals surface area (Å²) in [5.74, 6) is -1.01. The second-order valence-corrected chi connectivity index (χ2v) is 5.06. The third-order valence-corrected chi connectivity index (χ3v) is 3.09. The van der Waals surface area contributed by atoms with Crippen molar-refractivity contribution in [2.24, 2.45) is 0 Å². The molecule has 0 aliphatic carbocycles. The summed E-state index contributed by atoms with van der Waals surface area (Å²) >= 11 is 5.52. The van der Waals surface area contributed by atoms with Gasteiger partial charge in [-0.1, -0.05) is 11.6 Å². The SMILES string of the molecule is CS(=O)(=O)c1c(F)cc(C=O)cc1Cl. The Morgan fingerprint density at radius 3 is 2.36 bits per heavy atom. The number of aldehydes is 1. The zero-order valence-electron chi connectivity index (χ0n) is 7.12. The van der Waals surface area contributed by atoms with E-state index in [1.807, 2.05) is 0 Å². The lowest BCUT2D eigenvalue weighted by Gasteiger charge is -2.03. The van der Waals surface area contributed by atoms with Gasteiger partial charge in [-0.25, -0.2) is 12.8 Å². The summed E-state index contributed by atoms with van der Waals surface area (Å²) in [5.41, 5.74) is -0.0000926. The molecule has 76 valence electrons. The van der Waals surface area contributed by atoms with Crippen LogP contribution in [0.3, 0.4) is 0 Å². The van der Waals surface area contributed by atoms with Gasteiger partial charge >= 0.3 is 0 Å². The third kappa shape index (κ3) is 2.10. The van der Waals surface area contributed by atoms with Crippen LogP contribution in [-0.4, -0.2) is 21.0 Å². The minimum absolute atomic E-state index is 0.0000926. The van der Waals surface area contributed by atoms with Crippen LogP contribution in [0.4, 0.5) is 4.39 Å². The Morgan fingerprint density at radius 1 is 1.43 bits per heavy atom. The fourth-order valence-corrected chi connectivity index (χ4v) is 2.46. The molecule has 1 rings (SSSR count). The van der Waals surface area contributed by atoms with Crippen LogP contribution in [0.25, 0.3) is 0 Å². The first-order chi connectivity index (χ1) is 6.36. The summed E-state index contributed by atoms with van der Waals surface area (Å²) in [7, 11) is -3.71. The number of hydrogen-bond acceptors (Lipinski definition) is 3. The van der Waals surface area contributed by atoms with E-state index >= 15 is 0 Å². The predicted octanol–water partition coefficient (Wildman–Crippen LogP) is 1.70. The van der Waals surface area contributed by atoms with Crippen LogP contribution in [0.2, 0.25) is 5.02 Å². The highest BCUT2D eigenvalue weighted by Gasteiger charge is 2.18. The van der Waals surface area contributed by atoms with Gasteiger partial charge in [-0.3, -0.25) is 4.79 Å². The first kappa shape index (κ1) is 11.1. The summed E-state index contributed by atoms with van der Waals surface area (Å²) in [4.78, 5) is 9.72. The lowest BCUT2D eigenvalue weighted by atomic mass is 10.2. The highest BCUT2D eigenvalue weighted by Crippen LogP contribution is 2.25. The van der Waals surface area contributed by atoms with Gasteiger partial charge in [0.15, 0.2) is 9.84 Å². The minimum Gasteiger partial charge on any atom is -0.298 e. The van der Waals surface area contributed by atoms with Gasteiger partial charge in [0, 0.05) is 11.8 Å². The summed E-state index contributed by atoms with van der Waals surface area (Å²) in [6.07, 6.45) is 1.24. The highest BCUT2D eigenvalue weighted by molar-refractivity contribution is 7.90. The number of carbonyl (C=O) groups is 1. The Morgan fingerprint density at radius 2 is 2.00 bits per heavy atom. The molecule has 0 bridgehead atoms. The van der Waals surface area contributed by atoms with Gasteiger partial charge in [-0.15, -0.1) is 0 Å². The van der Waals surface area contributed by atoms with Crippen molar-refractivity contribution < 1.29 is 17.6 Å². The maximum absolute atomic E-state index is 13.2. The topological polar surface area (TPSA) is 51.2 Å². The molecule has 0 N–H and O–H groups in total. The van der Waals surface area contributed by atoms with Gasteiger partial charge in [0.2, 0.25) is 0 Å². The van der Waals surface area contributed by atoms with Crippen LogP contribution < -0.4 is 0 Å². The van der Waals surface area contributed by atoms with Crippen molar-refractivity contribution in [3.8, 4) is 0 Å². The first-order valence-corrected chi connectivity index (χ1v) is 5.77. The van der Waals surface area contributed by atoms with E-state index < -0.39 is 20.5 Å². The number of rotatable bonds is 2. The normalized spacial score (nSPS) is 11.4. The van der Waals surface area contributed by atoms with Crippen molar-refractivity contribution in [3.05, 3.63) is 28.5 Å². The molecule has 0 atom stereocenters. The second kappa shape index (κ2) is 3.67. The molecule has 0 amide bonds. The van der Waals surface area contributed by atoms with E-state index in [9.17, 15) is 17.6 Å². The zero-order chi connectivity index (χ0) is 10.9. The van der Waals surface area contributed by atoms with Crippen molar-refractivity contribution in [2.75, 3.05) is 6.26 Å². The van der Waals surface area contributed by atoms with Crippen LogP contribution in [0.5, 0.6) is 0 Å². The van der Waals surface area contributed by atoms with Gasteiger partial charge in [-0.2, -0.15) is 0 Å². The molecule has 0 radical (unpaired) electrons. The van der Waals surface area contributed by atoms with Crippen LogP contribution in [0.15, 0.2) is 17.0 Å². The molecule has 0 heterocycles. The van der Waals surface area contributed by atoms with Crippen LogP contribution in [-0.2, 0) is 9.84 Å². The lowest BCUT2D eigenvalue weighted by molar-refractivity contribution is 0.112. The van der Waals surface area contributed by atoms with Gasteiger partial charge in [0.1, 0.15) is 17.0 Å². The number of sulfone groups is 1. The Labute approximate surface area is 85.4 Å². The van der Waals surface area contributed by atoms with Crippen molar-refractivity contribution in [3.63, 3.8) is 0 Å². The molecule has 0 fully saturated rings. The van der Waals surface area contributed by atoms with Gasteiger partial charge in [0.05, 0.1) is 5.02 Å². The number of halogens is 2. The van der Waals surface area contributed by atoms with Crippen LogP contribution in [0.1, 0.15) is 10.4 Å². The van der Waals surface area contributed by atoms with E-state index in [4.69, 9.17) is 11.6 Å². The van der Waals surface area contributed by atoms with E-state index in [0.29, 0.717) is 6.29 Å². The van der Waals surface area contributed by atoms with Gasteiger partial charge < -0.3 is 0 Å². The summed E-state index contributed by atoms with van der Waals surface area (Å²) < 4.78 is 35.3. The minimum atomic E-state index is -3.71. The summed E-state index contributed by atoms with van der Waals surface area (Å²) in [6.45, 7) is 0. The molecule has 1 aromatic rings. The molecule has 0 aliphatic heterocycles. The van der Waals surface area contributed by atoms with Gasteiger partial charge in [-0.05, 0) is 12.1 Å². The molecule has 0 unspecified atom stereocenters. The van der Waals surface area contributed by atoms with E-state index in [1.165, 1.54) is 0 Å². The molecular formula is C8H6ClFO3S. The summed E-state index contributed by atoms with van der Waals surface area (Å²) in [5, 5.41) is -0.283. The fraction of sp³-hybridized carbons (Fsp3) is 0.125. The average Bonchev–Trinajstić information content (AvgIpc) is 1.99. The molecule has 0 saturated carbocycles. The molecule has 14 heavy (non-hydrogen) atoms. The largest absolute Gasteiger partial charge is 0.298 e. The molecule has 0 aliphatic rings. The molecule has 0 spiro atoms. The van der Waals surface area contributed by atoms with E-state index in [-0.39, 0.29) is 10.6 Å². The molecule has 1 aromatic carbocycles. The Balaban J connectivity index is 3.56. The fourth-order valence-electron chi connectivity index (χ4n) is 1.00. The Bertz CT molecular complexity index is 458. The highest BCUT2D eigenvalue weighted by atomic mass is 35.5. The van der Waals surface area contributed by atoms with Crippen molar-refractivity contribution in [1.29, 1.82) is 0 Å². The molecule has 6 heteroatoms. The van der Waals surface area contributed by atoms with Gasteiger partial charge in [0.25, 0.3) is 0 Å². The Hall–Kier alpha value is -0.940. The van der Waals surface area contributed by atoms with E-state index in [2.05, 4.69) is 0 Å². The lowest BCUT2D eigenvalue weighted by Crippen LogP contribution is -2.02. The Kier molecular flexibility index (Phi) is 2.92. The van der Waals surface area contributed by atoms with Crippen LogP contribution >= 0.6 is 11.6 Å². The van der Waals surface area contributed by atoms with Crippen molar-refractivity contribution >= 4 is 27.7 Å². The maximum atomic E-state index is 13.2. The first-order valence-electron chi connectivity index (χ1n) is 3.50. The number of carbonyl (C=O) groups excluding carboxylic acids is 1. The quantitative estimate of drug-likeness (QED) is 0.735. The third-order valence-electron chi connectivity index (χ3n) is 1.53. The maximum Gasteiger partial charge on any atom is 0.179 e. The smallest absolute Gasteiger partial charge is 0.179 e. The van der Waals surface area contributed by atoms with E-state index in [0.717, 1.165) is 18.4 Å². The molecule has 0 aromatic heterocycles.